The molecule has 0 radical (unpaired) electrons. The number of nitroso groups, excluding NO2 is 2. The van der Waals surface area contributed by atoms with Gasteiger partial charge in [-0.15, -0.1) is 9.81 Å². The molecule has 0 spiro atoms. The van der Waals surface area contributed by atoms with Crippen molar-refractivity contribution in [2.45, 2.75) is 0 Å². The lowest BCUT2D eigenvalue weighted by molar-refractivity contribution is 1.51. The first-order valence-electron chi connectivity index (χ1n) is 7.95. The van der Waals surface area contributed by atoms with Crippen LogP contribution in [-0.2, 0) is 0 Å². The number of nitrogen functional groups attached to an aromatic ring is 2. The van der Waals surface area contributed by atoms with E-state index in [0.717, 1.165) is 32.7 Å². The fraction of sp³-hybridized carbons (Fsp3) is 0. The number of nitrogens with zero attached hydrogens (tertiary/aromatic N) is 2. The lowest BCUT2D eigenvalue weighted by Crippen LogP contribution is -1.92. The minimum absolute atomic E-state index is 0.221. The van der Waals surface area contributed by atoms with E-state index in [1.165, 1.54) is 0 Å². The van der Waals surface area contributed by atoms with Gasteiger partial charge in [-0.1, -0.05) is 48.5 Å². The zero-order valence-electron chi connectivity index (χ0n) is 13.6. The van der Waals surface area contributed by atoms with Gasteiger partial charge in [-0.3, -0.25) is 0 Å². The molecule has 6 heteroatoms. The van der Waals surface area contributed by atoms with Gasteiger partial charge in [-0.25, -0.2) is 0 Å². The highest BCUT2D eigenvalue weighted by atomic mass is 16.3. The summed E-state index contributed by atoms with van der Waals surface area (Å²) >= 11 is 0. The Hall–Kier alpha value is -3.80. The van der Waals surface area contributed by atoms with Crippen LogP contribution in [0.25, 0.3) is 32.7 Å². The number of anilines is 2. The number of hydrogen-bond acceptors (Lipinski definition) is 6. The van der Waals surface area contributed by atoms with Crippen molar-refractivity contribution >= 4 is 44.3 Å². The molecule has 0 saturated heterocycles. The largest absolute Gasteiger partial charge is 0.396 e. The lowest BCUT2D eigenvalue weighted by atomic mass is 9.92. The quantitative estimate of drug-likeness (QED) is 0.371. The third kappa shape index (κ3) is 2.20. The van der Waals surface area contributed by atoms with Crippen LogP contribution in [0.2, 0.25) is 0 Å². The van der Waals surface area contributed by atoms with Crippen molar-refractivity contribution in [3.63, 3.8) is 0 Å². The molecule has 4 rings (SSSR count). The van der Waals surface area contributed by atoms with E-state index in [1.54, 1.807) is 12.1 Å². The summed E-state index contributed by atoms with van der Waals surface area (Å²) in [6, 6.07) is 18.3. The molecule has 0 saturated carbocycles. The maximum Gasteiger partial charge on any atom is 0.131 e. The smallest absolute Gasteiger partial charge is 0.131 e. The Morgan fingerprint density at radius 2 is 0.962 bits per heavy atom. The predicted octanol–water partition coefficient (Wildman–Crippen LogP) is 5.62. The van der Waals surface area contributed by atoms with Gasteiger partial charge in [-0.05, 0) is 44.4 Å². The molecule has 0 bridgehead atoms. The molecule has 0 fully saturated rings. The molecule has 0 atom stereocenters. The molecule has 4 N–H and O–H groups in total. The minimum Gasteiger partial charge on any atom is -0.396 e. The monoisotopic (exact) mass is 342 g/mol. The maximum atomic E-state index is 10.9. The fourth-order valence-corrected chi connectivity index (χ4v) is 3.37. The Kier molecular flexibility index (Phi) is 3.58. The Balaban J connectivity index is 2.08. The summed E-state index contributed by atoms with van der Waals surface area (Å²) in [5.41, 5.74) is 15.2. The van der Waals surface area contributed by atoms with Crippen molar-refractivity contribution in [1.82, 2.24) is 0 Å². The van der Waals surface area contributed by atoms with Crippen LogP contribution in [0.3, 0.4) is 0 Å². The van der Waals surface area contributed by atoms with Crippen molar-refractivity contribution in [3.05, 3.63) is 70.5 Å². The number of hydrogen-bond donors (Lipinski definition) is 2. The number of fused-ring (bicyclic) bond motifs is 2. The van der Waals surface area contributed by atoms with Crippen molar-refractivity contribution < 1.29 is 0 Å². The number of rotatable bonds is 3. The molecule has 4 aromatic rings. The standard InChI is InChI=1S/C20H14N4O2/c21-19-15-5-1-3-11(13(15)7-9-17(19)23-25)12-4-2-6-16-14(12)8-10-18(24-26)20(16)22/h1-10H,21-22H2. The highest BCUT2D eigenvalue weighted by Crippen LogP contribution is 2.40. The summed E-state index contributed by atoms with van der Waals surface area (Å²) in [5, 5.41) is 9.27. The van der Waals surface area contributed by atoms with Crippen LogP contribution in [0.5, 0.6) is 0 Å². The number of benzene rings is 4. The summed E-state index contributed by atoms with van der Waals surface area (Å²) in [6.45, 7) is 0. The molecule has 126 valence electrons. The Morgan fingerprint density at radius 1 is 0.538 bits per heavy atom. The van der Waals surface area contributed by atoms with Crippen LogP contribution < -0.4 is 11.5 Å². The summed E-state index contributed by atoms with van der Waals surface area (Å²) < 4.78 is 0. The molecule has 0 aliphatic heterocycles. The predicted molar refractivity (Wildman–Crippen MR) is 107 cm³/mol. The second kappa shape index (κ2) is 5.93. The second-order valence-electron chi connectivity index (χ2n) is 5.98. The molecule has 0 amide bonds. The van der Waals surface area contributed by atoms with Gasteiger partial charge in [0.2, 0.25) is 0 Å². The van der Waals surface area contributed by atoms with E-state index in [9.17, 15) is 9.81 Å². The number of nitrogens with two attached hydrogens (primary N) is 2. The van der Waals surface area contributed by atoms with Crippen molar-refractivity contribution in [3.8, 4) is 11.1 Å². The van der Waals surface area contributed by atoms with Gasteiger partial charge in [0.05, 0.1) is 11.4 Å². The molecule has 0 aliphatic rings. The first-order valence-corrected chi connectivity index (χ1v) is 7.95. The average Bonchev–Trinajstić information content (AvgIpc) is 2.68. The van der Waals surface area contributed by atoms with Gasteiger partial charge < -0.3 is 11.5 Å². The SMILES string of the molecule is Nc1c(N=O)ccc2c(-c3cccc4c(N)c(N=O)ccc34)cccc12. The first kappa shape index (κ1) is 15.7. The van der Waals surface area contributed by atoms with E-state index in [1.807, 2.05) is 48.5 Å². The summed E-state index contributed by atoms with van der Waals surface area (Å²) in [4.78, 5) is 21.8. The molecular formula is C20H14N4O2. The third-order valence-corrected chi connectivity index (χ3v) is 4.65. The highest BCUT2D eigenvalue weighted by Gasteiger charge is 2.13. The maximum absolute atomic E-state index is 10.9. The summed E-state index contributed by atoms with van der Waals surface area (Å²) in [7, 11) is 0. The second-order valence-corrected chi connectivity index (χ2v) is 5.98. The zero-order chi connectivity index (χ0) is 18.3. The molecule has 4 aromatic carbocycles. The van der Waals surface area contributed by atoms with Gasteiger partial charge in [0.1, 0.15) is 11.4 Å². The Labute approximate surface area is 148 Å². The summed E-state index contributed by atoms with van der Waals surface area (Å²) in [6.07, 6.45) is 0. The fourth-order valence-electron chi connectivity index (χ4n) is 3.37. The average molecular weight is 342 g/mol. The van der Waals surface area contributed by atoms with Crippen LogP contribution in [0.15, 0.2) is 71.0 Å². The topological polar surface area (TPSA) is 111 Å². The molecule has 0 aromatic heterocycles. The van der Waals surface area contributed by atoms with E-state index >= 15 is 0 Å². The Bertz CT molecular complexity index is 1110. The van der Waals surface area contributed by atoms with Gasteiger partial charge >= 0.3 is 0 Å². The van der Waals surface area contributed by atoms with Gasteiger partial charge in [0.15, 0.2) is 0 Å². The van der Waals surface area contributed by atoms with Crippen molar-refractivity contribution in [2.24, 2.45) is 10.4 Å². The van der Waals surface area contributed by atoms with E-state index in [2.05, 4.69) is 10.4 Å². The van der Waals surface area contributed by atoms with Crippen molar-refractivity contribution in [1.29, 1.82) is 0 Å². The molecular weight excluding hydrogens is 328 g/mol. The van der Waals surface area contributed by atoms with E-state index < -0.39 is 0 Å². The molecule has 0 heterocycles. The summed E-state index contributed by atoms with van der Waals surface area (Å²) in [5.74, 6) is 0. The minimum atomic E-state index is 0.221. The normalized spacial score (nSPS) is 10.9. The van der Waals surface area contributed by atoms with Crippen LogP contribution >= 0.6 is 0 Å². The molecule has 0 aliphatic carbocycles. The Morgan fingerprint density at radius 3 is 1.35 bits per heavy atom. The van der Waals surface area contributed by atoms with Crippen LogP contribution in [0.4, 0.5) is 22.7 Å². The first-order chi connectivity index (χ1) is 12.7. The molecule has 0 unspecified atom stereocenters. The van der Waals surface area contributed by atoms with E-state index in [0.29, 0.717) is 11.4 Å². The van der Waals surface area contributed by atoms with Gasteiger partial charge in [0, 0.05) is 10.8 Å². The van der Waals surface area contributed by atoms with E-state index in [4.69, 9.17) is 11.5 Å². The third-order valence-electron chi connectivity index (χ3n) is 4.65. The molecule has 6 nitrogen and oxygen atoms in total. The van der Waals surface area contributed by atoms with Crippen LogP contribution in [0.1, 0.15) is 0 Å². The van der Waals surface area contributed by atoms with E-state index in [-0.39, 0.29) is 11.4 Å². The zero-order valence-corrected chi connectivity index (χ0v) is 13.6. The van der Waals surface area contributed by atoms with Gasteiger partial charge in [-0.2, -0.15) is 0 Å². The van der Waals surface area contributed by atoms with Crippen molar-refractivity contribution in [2.75, 3.05) is 11.5 Å². The lowest BCUT2D eigenvalue weighted by Gasteiger charge is -2.13. The molecule has 26 heavy (non-hydrogen) atoms. The van der Waals surface area contributed by atoms with Crippen LogP contribution in [0, 0.1) is 9.81 Å². The van der Waals surface area contributed by atoms with Gasteiger partial charge in [0.25, 0.3) is 0 Å². The highest BCUT2D eigenvalue weighted by molar-refractivity contribution is 6.12. The van der Waals surface area contributed by atoms with Crippen LogP contribution in [-0.4, -0.2) is 0 Å².